The first-order valence-corrected chi connectivity index (χ1v) is 10.4. The van der Waals surface area contributed by atoms with E-state index in [9.17, 15) is 17.6 Å². The van der Waals surface area contributed by atoms with E-state index in [4.69, 9.17) is 16.3 Å². The van der Waals surface area contributed by atoms with Crippen LogP contribution >= 0.6 is 11.6 Å². The van der Waals surface area contributed by atoms with E-state index in [1.165, 1.54) is 12.1 Å². The first-order chi connectivity index (χ1) is 12.9. The molecule has 8 heteroatoms. The number of sulfone groups is 1. The molecule has 1 aliphatic rings. The predicted octanol–water partition coefficient (Wildman–Crippen LogP) is 3.32. The van der Waals surface area contributed by atoms with Crippen LogP contribution in [0.5, 0.6) is 5.75 Å². The Balaban J connectivity index is 1.54. The van der Waals surface area contributed by atoms with E-state index in [0.717, 1.165) is 12.1 Å². The number of ether oxygens (including phenoxy) is 1. The first kappa shape index (κ1) is 19.6. The van der Waals surface area contributed by atoms with Gasteiger partial charge in [0.15, 0.2) is 16.4 Å². The minimum absolute atomic E-state index is 0.111. The topological polar surface area (TPSA) is 63.7 Å². The highest BCUT2D eigenvalue weighted by Crippen LogP contribution is 2.25. The first-order valence-electron chi connectivity index (χ1n) is 8.52. The van der Waals surface area contributed by atoms with Crippen LogP contribution in [0.1, 0.15) is 12.8 Å². The van der Waals surface area contributed by atoms with Crippen molar-refractivity contribution < 1.29 is 22.3 Å². The number of nitrogens with zero attached hydrogens (tertiary/aromatic N) is 1. The summed E-state index contributed by atoms with van der Waals surface area (Å²) in [6, 6.07) is 11.5. The van der Waals surface area contributed by atoms with Gasteiger partial charge in [0.05, 0.1) is 10.1 Å². The van der Waals surface area contributed by atoms with Crippen LogP contribution in [-0.2, 0) is 14.6 Å². The molecule has 0 bridgehead atoms. The van der Waals surface area contributed by atoms with Crippen molar-refractivity contribution in [1.82, 2.24) is 4.90 Å². The molecule has 1 aliphatic heterocycles. The van der Waals surface area contributed by atoms with Crippen LogP contribution in [-0.4, -0.2) is 44.2 Å². The Hall–Kier alpha value is -2.12. The van der Waals surface area contributed by atoms with Gasteiger partial charge in [-0.3, -0.25) is 4.79 Å². The van der Waals surface area contributed by atoms with Crippen molar-refractivity contribution in [3.8, 4) is 5.75 Å². The number of benzene rings is 2. The number of carbonyl (C=O) groups excluding carboxylic acids is 1. The standard InChI is InChI=1S/C19H19ClFNO4S/c20-14-1-5-16(6-2-14)26-13-19(23)22-11-9-18(10-12-22)27(24,25)17-7-3-15(21)4-8-17/h1-8,18H,9-13H2. The Kier molecular flexibility index (Phi) is 6.01. The van der Waals surface area contributed by atoms with E-state index < -0.39 is 20.9 Å². The molecule has 0 aliphatic carbocycles. The molecule has 5 nitrogen and oxygen atoms in total. The molecule has 27 heavy (non-hydrogen) atoms. The predicted molar refractivity (Wildman–Crippen MR) is 100 cm³/mol. The van der Waals surface area contributed by atoms with Crippen molar-refractivity contribution in [2.75, 3.05) is 19.7 Å². The Bertz CT molecular complexity index is 892. The molecule has 2 aromatic carbocycles. The van der Waals surface area contributed by atoms with E-state index in [1.807, 2.05) is 0 Å². The van der Waals surface area contributed by atoms with Gasteiger partial charge in [-0.2, -0.15) is 0 Å². The number of carbonyl (C=O) groups is 1. The summed E-state index contributed by atoms with van der Waals surface area (Å²) in [7, 11) is -3.54. The van der Waals surface area contributed by atoms with Gasteiger partial charge in [0.1, 0.15) is 11.6 Å². The van der Waals surface area contributed by atoms with Crippen molar-refractivity contribution in [1.29, 1.82) is 0 Å². The molecule has 144 valence electrons. The van der Waals surface area contributed by atoms with Gasteiger partial charge in [-0.05, 0) is 61.4 Å². The molecule has 2 aromatic rings. The lowest BCUT2D eigenvalue weighted by Crippen LogP contribution is -2.44. The van der Waals surface area contributed by atoms with Crippen molar-refractivity contribution >= 4 is 27.3 Å². The highest BCUT2D eigenvalue weighted by atomic mass is 35.5. The molecule has 0 saturated carbocycles. The van der Waals surface area contributed by atoms with E-state index in [0.29, 0.717) is 36.7 Å². The normalized spacial score (nSPS) is 15.6. The lowest BCUT2D eigenvalue weighted by Gasteiger charge is -2.31. The number of halogens is 2. The average Bonchev–Trinajstić information content (AvgIpc) is 2.68. The van der Waals surface area contributed by atoms with Gasteiger partial charge >= 0.3 is 0 Å². The third kappa shape index (κ3) is 4.78. The summed E-state index contributed by atoms with van der Waals surface area (Å²) >= 11 is 5.80. The quantitative estimate of drug-likeness (QED) is 0.708. The van der Waals surface area contributed by atoms with Gasteiger partial charge in [0.25, 0.3) is 5.91 Å². The van der Waals surface area contributed by atoms with Crippen LogP contribution in [0, 0.1) is 5.82 Å². The van der Waals surface area contributed by atoms with Crippen LogP contribution in [0.4, 0.5) is 4.39 Å². The Labute approximate surface area is 162 Å². The van der Waals surface area contributed by atoms with E-state index in [1.54, 1.807) is 29.2 Å². The zero-order valence-electron chi connectivity index (χ0n) is 14.5. The van der Waals surface area contributed by atoms with E-state index >= 15 is 0 Å². The second-order valence-corrected chi connectivity index (χ2v) is 8.99. The summed E-state index contributed by atoms with van der Waals surface area (Å²) in [5.74, 6) is -0.126. The fourth-order valence-corrected chi connectivity index (χ4v) is 4.86. The molecular weight excluding hydrogens is 393 g/mol. The molecule has 0 spiro atoms. The van der Waals surface area contributed by atoms with E-state index in [-0.39, 0.29) is 17.4 Å². The van der Waals surface area contributed by atoms with Crippen LogP contribution in [0.25, 0.3) is 0 Å². The fraction of sp³-hybridized carbons (Fsp3) is 0.316. The highest BCUT2D eigenvalue weighted by Gasteiger charge is 2.32. The van der Waals surface area contributed by atoms with Crippen molar-refractivity contribution in [2.24, 2.45) is 0 Å². The molecular formula is C19H19ClFNO4S. The van der Waals surface area contributed by atoms with E-state index in [2.05, 4.69) is 0 Å². The van der Waals surface area contributed by atoms with Crippen molar-refractivity contribution in [3.63, 3.8) is 0 Å². The monoisotopic (exact) mass is 411 g/mol. The molecule has 1 saturated heterocycles. The second kappa shape index (κ2) is 8.27. The summed E-state index contributed by atoms with van der Waals surface area (Å²) in [4.78, 5) is 14.0. The zero-order valence-corrected chi connectivity index (χ0v) is 16.0. The Morgan fingerprint density at radius 2 is 1.67 bits per heavy atom. The lowest BCUT2D eigenvalue weighted by atomic mass is 10.1. The number of likely N-dealkylation sites (tertiary alicyclic amines) is 1. The number of hydrogen-bond donors (Lipinski definition) is 0. The Morgan fingerprint density at radius 3 is 2.26 bits per heavy atom. The lowest BCUT2D eigenvalue weighted by molar-refractivity contribution is -0.134. The molecule has 0 radical (unpaired) electrons. The maximum atomic E-state index is 13.0. The minimum Gasteiger partial charge on any atom is -0.484 e. The van der Waals surface area contributed by atoms with Crippen molar-refractivity contribution in [2.45, 2.75) is 23.0 Å². The molecule has 0 N–H and O–H groups in total. The van der Waals surface area contributed by atoms with Gasteiger partial charge in [0, 0.05) is 18.1 Å². The molecule has 0 atom stereocenters. The number of amides is 1. The summed E-state index contributed by atoms with van der Waals surface area (Å²) in [5.41, 5.74) is 0. The zero-order chi connectivity index (χ0) is 19.4. The van der Waals surface area contributed by atoms with Gasteiger partial charge in [-0.15, -0.1) is 0 Å². The third-order valence-electron chi connectivity index (χ3n) is 4.55. The van der Waals surface area contributed by atoms with Gasteiger partial charge < -0.3 is 9.64 Å². The maximum absolute atomic E-state index is 13.0. The minimum atomic E-state index is -3.54. The molecule has 0 aromatic heterocycles. The average molecular weight is 412 g/mol. The Morgan fingerprint density at radius 1 is 1.07 bits per heavy atom. The van der Waals surface area contributed by atoms with Crippen molar-refractivity contribution in [3.05, 3.63) is 59.4 Å². The smallest absolute Gasteiger partial charge is 0.260 e. The summed E-state index contributed by atoms with van der Waals surface area (Å²) in [6.07, 6.45) is 0.679. The second-order valence-electron chi connectivity index (χ2n) is 6.32. The molecule has 1 fully saturated rings. The summed E-state index contributed by atoms with van der Waals surface area (Å²) in [6.45, 7) is 0.568. The van der Waals surface area contributed by atoms with Gasteiger partial charge in [0.2, 0.25) is 0 Å². The highest BCUT2D eigenvalue weighted by molar-refractivity contribution is 7.92. The molecule has 1 heterocycles. The summed E-state index contributed by atoms with van der Waals surface area (Å²) in [5, 5.41) is 0.00214. The van der Waals surface area contributed by atoms with Gasteiger partial charge in [-0.25, -0.2) is 12.8 Å². The van der Waals surface area contributed by atoms with Crippen LogP contribution < -0.4 is 4.74 Å². The number of piperidine rings is 1. The van der Waals surface area contributed by atoms with Gasteiger partial charge in [-0.1, -0.05) is 11.6 Å². The molecule has 0 unspecified atom stereocenters. The molecule has 1 amide bonds. The van der Waals surface area contributed by atoms with Crippen LogP contribution in [0.3, 0.4) is 0 Å². The van der Waals surface area contributed by atoms with Crippen LogP contribution in [0.2, 0.25) is 5.02 Å². The fourth-order valence-electron chi connectivity index (χ4n) is 3.00. The third-order valence-corrected chi connectivity index (χ3v) is 7.08. The number of rotatable bonds is 5. The van der Waals surface area contributed by atoms with Crippen LogP contribution in [0.15, 0.2) is 53.4 Å². The molecule has 3 rings (SSSR count). The summed E-state index contributed by atoms with van der Waals surface area (Å²) < 4.78 is 43.8. The SMILES string of the molecule is O=C(COc1ccc(Cl)cc1)N1CCC(S(=O)(=O)c2ccc(F)cc2)CC1. The largest absolute Gasteiger partial charge is 0.484 e. The maximum Gasteiger partial charge on any atom is 0.260 e. The number of hydrogen-bond acceptors (Lipinski definition) is 4.